The van der Waals surface area contributed by atoms with Gasteiger partial charge in [0.1, 0.15) is 0 Å². The smallest absolute Gasteiger partial charge is 0.259 e. The normalized spacial score (nSPS) is 28.4. The lowest BCUT2D eigenvalue weighted by Gasteiger charge is -2.11. The van der Waals surface area contributed by atoms with Gasteiger partial charge in [-0.2, -0.15) is 0 Å². The zero-order valence-corrected chi connectivity index (χ0v) is 11.4. The van der Waals surface area contributed by atoms with Crippen LogP contribution in [0.4, 0.5) is 13.2 Å². The standard InChI is InChI=1S/C15H12F3N3O/c16-10-6-11(8-4-2-1-3-5-8)21-14(10)19-13(20-21)12(22)9-7-15(9,17)18/h1-5,9-11H,6-7H2/t9-,10+,11+/m1/s1. The average Bonchev–Trinajstić information content (AvgIpc) is 2.87. The van der Waals surface area contributed by atoms with E-state index >= 15 is 0 Å². The minimum absolute atomic E-state index is 0.0427. The molecule has 4 rings (SSSR count). The summed E-state index contributed by atoms with van der Waals surface area (Å²) < 4.78 is 41.5. The lowest BCUT2D eigenvalue weighted by molar-refractivity contribution is 0.0748. The first-order valence-corrected chi connectivity index (χ1v) is 7.05. The summed E-state index contributed by atoms with van der Waals surface area (Å²) >= 11 is 0. The molecule has 0 radical (unpaired) electrons. The molecule has 0 spiro atoms. The minimum atomic E-state index is -2.97. The minimum Gasteiger partial charge on any atom is -0.290 e. The molecule has 1 aromatic heterocycles. The molecule has 4 nitrogen and oxygen atoms in total. The highest BCUT2D eigenvalue weighted by Gasteiger charge is 2.62. The van der Waals surface area contributed by atoms with Crippen LogP contribution in [-0.2, 0) is 0 Å². The maximum absolute atomic E-state index is 14.1. The summed E-state index contributed by atoms with van der Waals surface area (Å²) in [5.41, 5.74) is 0.851. The van der Waals surface area contributed by atoms with Gasteiger partial charge in [0, 0.05) is 12.8 Å². The van der Waals surface area contributed by atoms with Gasteiger partial charge >= 0.3 is 0 Å². The second kappa shape index (κ2) is 4.41. The summed E-state index contributed by atoms with van der Waals surface area (Å²) in [6, 6.07) is 8.82. The van der Waals surface area contributed by atoms with Crippen LogP contribution in [0.25, 0.3) is 0 Å². The van der Waals surface area contributed by atoms with Gasteiger partial charge in [-0.1, -0.05) is 30.3 Å². The molecule has 0 unspecified atom stereocenters. The molecule has 114 valence electrons. The zero-order chi connectivity index (χ0) is 15.5. The molecule has 1 aliphatic heterocycles. The quantitative estimate of drug-likeness (QED) is 0.819. The number of fused-ring (bicyclic) bond motifs is 1. The molecule has 0 bridgehead atoms. The lowest BCUT2D eigenvalue weighted by atomic mass is 10.0. The molecule has 7 heteroatoms. The van der Waals surface area contributed by atoms with Crippen LogP contribution in [-0.4, -0.2) is 26.5 Å². The van der Waals surface area contributed by atoms with Gasteiger partial charge < -0.3 is 0 Å². The molecule has 0 saturated heterocycles. The van der Waals surface area contributed by atoms with Gasteiger partial charge in [0.2, 0.25) is 11.6 Å². The third-order valence-electron chi connectivity index (χ3n) is 4.21. The van der Waals surface area contributed by atoms with Crippen LogP contribution in [0.2, 0.25) is 0 Å². The fraction of sp³-hybridized carbons (Fsp3) is 0.400. The Balaban J connectivity index is 1.68. The van der Waals surface area contributed by atoms with Gasteiger partial charge in [0.25, 0.3) is 5.92 Å². The Labute approximate surface area is 124 Å². The lowest BCUT2D eigenvalue weighted by Crippen LogP contribution is -2.13. The van der Waals surface area contributed by atoms with Crippen molar-refractivity contribution in [2.24, 2.45) is 5.92 Å². The summed E-state index contributed by atoms with van der Waals surface area (Å²) in [5.74, 6) is -5.39. The molecule has 0 N–H and O–H groups in total. The fourth-order valence-electron chi connectivity index (χ4n) is 2.89. The van der Waals surface area contributed by atoms with E-state index in [1.165, 1.54) is 4.68 Å². The molecule has 1 aliphatic carbocycles. The molecule has 3 atom stereocenters. The van der Waals surface area contributed by atoms with Gasteiger partial charge in [0.15, 0.2) is 12.0 Å². The molecule has 22 heavy (non-hydrogen) atoms. The van der Waals surface area contributed by atoms with Gasteiger partial charge in [-0.3, -0.25) is 4.79 Å². The number of hydrogen-bond donors (Lipinski definition) is 0. The number of nitrogens with zero attached hydrogens (tertiary/aromatic N) is 3. The Hall–Kier alpha value is -2.18. The number of alkyl halides is 3. The van der Waals surface area contributed by atoms with Crippen molar-refractivity contribution in [1.29, 1.82) is 0 Å². The van der Waals surface area contributed by atoms with E-state index in [0.717, 1.165) is 5.56 Å². The average molecular weight is 307 g/mol. The van der Waals surface area contributed by atoms with E-state index in [1.807, 2.05) is 30.3 Å². The topological polar surface area (TPSA) is 47.8 Å². The third-order valence-corrected chi connectivity index (χ3v) is 4.21. The molecular weight excluding hydrogens is 295 g/mol. The zero-order valence-electron chi connectivity index (χ0n) is 11.4. The van der Waals surface area contributed by atoms with E-state index < -0.39 is 30.2 Å². The predicted molar refractivity (Wildman–Crippen MR) is 70.5 cm³/mol. The number of carbonyl (C=O) groups is 1. The van der Waals surface area contributed by atoms with E-state index in [2.05, 4.69) is 10.1 Å². The largest absolute Gasteiger partial charge is 0.290 e. The second-order valence-electron chi connectivity index (χ2n) is 5.75. The third kappa shape index (κ3) is 1.95. The Bertz CT molecular complexity index is 744. The number of aromatic nitrogens is 3. The van der Waals surface area contributed by atoms with Crippen LogP contribution in [0.3, 0.4) is 0 Å². The van der Waals surface area contributed by atoms with E-state index in [9.17, 15) is 18.0 Å². The second-order valence-corrected chi connectivity index (χ2v) is 5.75. The SMILES string of the molecule is O=C(c1nc2n(n1)[C@H](c1ccccc1)C[C@@H]2F)[C@H]1CC1(F)F. The van der Waals surface area contributed by atoms with Crippen LogP contribution >= 0.6 is 0 Å². The highest BCUT2D eigenvalue weighted by molar-refractivity contribution is 5.97. The highest BCUT2D eigenvalue weighted by Crippen LogP contribution is 2.50. The van der Waals surface area contributed by atoms with E-state index in [4.69, 9.17) is 0 Å². The van der Waals surface area contributed by atoms with Crippen molar-refractivity contribution in [3.05, 3.63) is 47.5 Å². The molecule has 1 aromatic carbocycles. The summed E-state index contributed by atoms with van der Waals surface area (Å²) in [7, 11) is 0. The summed E-state index contributed by atoms with van der Waals surface area (Å²) in [4.78, 5) is 15.8. The first-order valence-electron chi connectivity index (χ1n) is 7.05. The van der Waals surface area contributed by atoms with Crippen molar-refractivity contribution in [2.45, 2.75) is 31.0 Å². The number of rotatable bonds is 3. The number of benzene rings is 1. The molecule has 1 saturated carbocycles. The molecule has 2 heterocycles. The van der Waals surface area contributed by atoms with Crippen LogP contribution in [0, 0.1) is 5.92 Å². The first-order chi connectivity index (χ1) is 10.5. The number of ketones is 1. The molecule has 2 aliphatic rings. The number of halogens is 3. The highest BCUT2D eigenvalue weighted by atomic mass is 19.3. The number of carbonyl (C=O) groups excluding carboxylic acids is 1. The van der Waals surface area contributed by atoms with Crippen LogP contribution in [0.5, 0.6) is 0 Å². The van der Waals surface area contributed by atoms with Gasteiger partial charge in [-0.05, 0) is 5.56 Å². The molecule has 2 aromatic rings. The van der Waals surface area contributed by atoms with Crippen molar-refractivity contribution in [3.8, 4) is 0 Å². The molecular formula is C15H12F3N3O. The fourth-order valence-corrected chi connectivity index (χ4v) is 2.89. The van der Waals surface area contributed by atoms with E-state index in [0.29, 0.717) is 0 Å². The van der Waals surface area contributed by atoms with Crippen molar-refractivity contribution in [3.63, 3.8) is 0 Å². The molecule has 0 amide bonds. The monoisotopic (exact) mass is 307 g/mol. The maximum Gasteiger partial charge on any atom is 0.259 e. The van der Waals surface area contributed by atoms with Gasteiger partial charge in [-0.25, -0.2) is 22.8 Å². The van der Waals surface area contributed by atoms with E-state index in [-0.39, 0.29) is 24.1 Å². The summed E-state index contributed by atoms with van der Waals surface area (Å²) in [6.45, 7) is 0. The van der Waals surface area contributed by atoms with Crippen molar-refractivity contribution < 1.29 is 18.0 Å². The Morgan fingerprint density at radius 1 is 1.27 bits per heavy atom. The molecule has 1 fully saturated rings. The first kappa shape index (κ1) is 13.5. The Kier molecular flexibility index (Phi) is 2.70. The van der Waals surface area contributed by atoms with Gasteiger partial charge in [0.05, 0.1) is 12.0 Å². The summed E-state index contributed by atoms with van der Waals surface area (Å²) in [5, 5.41) is 4.01. The summed E-state index contributed by atoms with van der Waals surface area (Å²) in [6.07, 6.45) is -1.64. The van der Waals surface area contributed by atoms with Crippen molar-refractivity contribution in [1.82, 2.24) is 14.8 Å². The predicted octanol–water partition coefficient (Wildman–Crippen LogP) is 3.12. The number of hydrogen-bond acceptors (Lipinski definition) is 3. The number of Topliss-reactive ketones (excluding diaryl/α,β-unsaturated/α-hetero) is 1. The Morgan fingerprint density at radius 2 is 1.95 bits per heavy atom. The van der Waals surface area contributed by atoms with Crippen molar-refractivity contribution in [2.75, 3.05) is 0 Å². The van der Waals surface area contributed by atoms with Crippen molar-refractivity contribution >= 4 is 5.78 Å². The van der Waals surface area contributed by atoms with E-state index in [1.54, 1.807) is 0 Å². The van der Waals surface area contributed by atoms with Crippen LogP contribution in [0.1, 0.15) is 47.1 Å². The van der Waals surface area contributed by atoms with Crippen LogP contribution < -0.4 is 0 Å². The Morgan fingerprint density at radius 3 is 2.59 bits per heavy atom. The maximum atomic E-state index is 14.1. The van der Waals surface area contributed by atoms with Crippen LogP contribution in [0.15, 0.2) is 30.3 Å². The van der Waals surface area contributed by atoms with Gasteiger partial charge in [-0.15, -0.1) is 5.10 Å².